The molecule has 9 nitrogen and oxygen atoms in total. The van der Waals surface area contributed by atoms with Gasteiger partial charge in [-0.2, -0.15) is 0 Å². The molecule has 0 aliphatic carbocycles. The topological polar surface area (TPSA) is 151 Å². The van der Waals surface area contributed by atoms with Crippen LogP contribution in [0.3, 0.4) is 0 Å². The van der Waals surface area contributed by atoms with Crippen molar-refractivity contribution in [2.75, 3.05) is 0 Å². The van der Waals surface area contributed by atoms with Crippen molar-refractivity contribution in [3.05, 3.63) is 116 Å². The van der Waals surface area contributed by atoms with Crippen LogP contribution in [0, 0.1) is 6.92 Å². The minimum absolute atomic E-state index is 0.0400. The van der Waals surface area contributed by atoms with Crippen LogP contribution in [0.4, 0.5) is 0 Å². The lowest BCUT2D eigenvalue weighted by molar-refractivity contribution is 0.467. The number of para-hydroxylation sites is 2. The molecule has 0 amide bonds. The van der Waals surface area contributed by atoms with Crippen molar-refractivity contribution in [2.24, 2.45) is 0 Å². The van der Waals surface area contributed by atoms with Gasteiger partial charge in [-0.05, 0) is 42.8 Å². The molecule has 0 unspecified atom stereocenters. The Hall–Kier alpha value is -5.09. The first kappa shape index (κ1) is 26.0. The Morgan fingerprint density at radius 1 is 0.632 bits per heavy atom. The number of benzene rings is 3. The third kappa shape index (κ3) is 5.50. The van der Waals surface area contributed by atoms with Gasteiger partial charge in [-0.1, -0.05) is 36.4 Å². The van der Waals surface area contributed by atoms with E-state index in [1.54, 1.807) is 60.7 Å². The molecule has 0 saturated carbocycles. The number of rotatable bonds is 0. The maximum absolute atomic E-state index is 11.3. The zero-order chi connectivity index (χ0) is 27.4. The van der Waals surface area contributed by atoms with Crippen molar-refractivity contribution < 1.29 is 28.6 Å². The smallest absolute Gasteiger partial charge is 0.339 e. The molecule has 38 heavy (non-hydrogen) atoms. The zero-order valence-electron chi connectivity index (χ0n) is 20.3. The van der Waals surface area contributed by atoms with E-state index >= 15 is 0 Å². The number of aryl methyl sites for hydroxylation is 1. The van der Waals surface area contributed by atoms with Crippen LogP contribution in [-0.2, 0) is 0 Å². The number of hydrogen-bond donors (Lipinski definition) is 3. The van der Waals surface area contributed by atoms with Crippen LogP contribution in [-0.4, -0.2) is 25.6 Å². The van der Waals surface area contributed by atoms with E-state index in [1.807, 2.05) is 13.0 Å². The average Bonchev–Trinajstić information content (AvgIpc) is 2.88. The fourth-order valence-electron chi connectivity index (χ4n) is 3.68. The molecular weight excluding hydrogens is 508 g/mol. The van der Waals surface area contributed by atoms with Gasteiger partial charge in [-0.15, -0.1) is 0 Å². The highest BCUT2D eigenvalue weighted by Crippen LogP contribution is 2.24. The molecule has 0 radical (unpaired) electrons. The van der Waals surface area contributed by atoms with E-state index in [0.717, 1.165) is 17.7 Å². The van der Waals surface area contributed by atoms with Crippen LogP contribution in [0.15, 0.2) is 106 Å². The van der Waals surface area contributed by atoms with Crippen molar-refractivity contribution in [3.63, 3.8) is 0 Å². The van der Waals surface area contributed by atoms with Gasteiger partial charge in [0, 0.05) is 0 Å². The Kier molecular flexibility index (Phi) is 7.45. The normalized spacial score (nSPS) is 10.6. The Balaban J connectivity index is 0.000000133. The molecular formula is C28H22O9Si. The van der Waals surface area contributed by atoms with Gasteiger partial charge < -0.3 is 28.6 Å². The summed E-state index contributed by atoms with van der Waals surface area (Å²) in [5, 5.41) is 30.5. The quantitative estimate of drug-likeness (QED) is 0.199. The first-order valence-electron chi connectivity index (χ1n) is 11.3. The van der Waals surface area contributed by atoms with Crippen molar-refractivity contribution in [2.45, 2.75) is 6.92 Å². The van der Waals surface area contributed by atoms with E-state index < -0.39 is 16.9 Å². The predicted octanol–water partition coefficient (Wildman–Crippen LogP) is 2.79. The zero-order valence-corrected chi connectivity index (χ0v) is 22.3. The fraction of sp³-hybridized carbons (Fsp3) is 0.0357. The highest BCUT2D eigenvalue weighted by Gasteiger charge is 2.10. The molecule has 3 heterocycles. The second-order valence-corrected chi connectivity index (χ2v) is 9.20. The van der Waals surface area contributed by atoms with Crippen LogP contribution >= 0.6 is 0 Å². The fourth-order valence-corrected chi connectivity index (χ4v) is 4.03. The molecule has 3 N–H and O–H groups in total. The third-order valence-electron chi connectivity index (χ3n) is 5.59. The summed E-state index contributed by atoms with van der Waals surface area (Å²) in [6.07, 6.45) is 0. The molecule has 0 spiro atoms. The molecule has 0 saturated heterocycles. The number of fused-ring (bicyclic) bond motifs is 3. The Bertz CT molecular complexity index is 1860. The summed E-state index contributed by atoms with van der Waals surface area (Å²) < 4.78 is 14.7. The van der Waals surface area contributed by atoms with Crippen LogP contribution in [0.25, 0.3) is 32.9 Å². The predicted molar refractivity (Wildman–Crippen MR) is 147 cm³/mol. The van der Waals surface area contributed by atoms with Crippen molar-refractivity contribution in [3.8, 4) is 17.2 Å². The SMILES string of the molecule is Cc1cccc2oc(=O)c([SiH3])c(O)c12.O=c1cc(O)c2ccccc2o1.O=c1cc(O)c2ccccc2o1. The van der Waals surface area contributed by atoms with Gasteiger partial charge in [0.15, 0.2) is 0 Å². The van der Waals surface area contributed by atoms with Gasteiger partial charge in [-0.25, -0.2) is 14.4 Å². The second-order valence-electron chi connectivity index (χ2n) is 8.20. The molecule has 192 valence electrons. The highest BCUT2D eigenvalue weighted by molar-refractivity contribution is 6.35. The summed E-state index contributed by atoms with van der Waals surface area (Å²) in [5.41, 5.74) is 0.683. The maximum Gasteiger partial charge on any atom is 0.339 e. The summed E-state index contributed by atoms with van der Waals surface area (Å²) in [5.74, 6) is 0.00437. The first-order chi connectivity index (χ1) is 18.2. The average molecular weight is 531 g/mol. The van der Waals surface area contributed by atoms with Gasteiger partial charge in [0.05, 0.1) is 43.7 Å². The molecule has 0 atom stereocenters. The van der Waals surface area contributed by atoms with Crippen molar-refractivity contribution in [1.82, 2.24) is 0 Å². The number of aromatic hydroxyl groups is 3. The van der Waals surface area contributed by atoms with Gasteiger partial charge in [0.2, 0.25) is 0 Å². The van der Waals surface area contributed by atoms with Gasteiger partial charge in [0.25, 0.3) is 0 Å². The standard InChI is InChI=1S/C10H10O3Si.2C9H6O3/c1-5-3-2-4-6-7(5)8(11)9(14)10(12)13-6;2*10-7-5-9(11)12-8-4-2-1-3-6(7)8/h2-4,11H,1,14H3;2*1-5,10H. The molecule has 0 aliphatic heterocycles. The Labute approximate surface area is 216 Å². The van der Waals surface area contributed by atoms with Crippen molar-refractivity contribution >= 4 is 48.3 Å². The lowest BCUT2D eigenvalue weighted by Gasteiger charge is -2.04. The van der Waals surface area contributed by atoms with E-state index in [-0.39, 0.29) is 17.2 Å². The Morgan fingerprint density at radius 2 is 1.11 bits per heavy atom. The largest absolute Gasteiger partial charge is 0.507 e. The molecule has 0 fully saturated rings. The molecule has 3 aromatic heterocycles. The van der Waals surface area contributed by atoms with Crippen LogP contribution in [0.5, 0.6) is 17.2 Å². The summed E-state index contributed by atoms with van der Waals surface area (Å²) in [6, 6.07) is 21.1. The monoisotopic (exact) mass is 530 g/mol. The molecule has 6 rings (SSSR count). The summed E-state index contributed by atoms with van der Waals surface area (Å²) in [6.45, 7) is 1.88. The van der Waals surface area contributed by atoms with Gasteiger partial charge in [0.1, 0.15) is 34.0 Å². The minimum atomic E-state index is -0.536. The molecule has 0 bridgehead atoms. The van der Waals surface area contributed by atoms with E-state index in [1.165, 1.54) is 0 Å². The molecule has 6 aromatic rings. The van der Waals surface area contributed by atoms with Gasteiger partial charge >= 0.3 is 16.9 Å². The first-order valence-corrected chi connectivity index (χ1v) is 12.3. The summed E-state index contributed by atoms with van der Waals surface area (Å²) >= 11 is 0. The van der Waals surface area contributed by atoms with E-state index in [0.29, 0.717) is 48.3 Å². The third-order valence-corrected chi connectivity index (χ3v) is 6.47. The molecule has 0 aliphatic rings. The van der Waals surface area contributed by atoms with Crippen LogP contribution < -0.4 is 22.1 Å². The second kappa shape index (κ2) is 10.9. The molecule has 3 aromatic carbocycles. The Morgan fingerprint density at radius 3 is 1.63 bits per heavy atom. The van der Waals surface area contributed by atoms with E-state index in [9.17, 15) is 29.7 Å². The lowest BCUT2D eigenvalue weighted by atomic mass is 10.1. The van der Waals surface area contributed by atoms with Gasteiger partial charge in [-0.3, -0.25) is 0 Å². The highest BCUT2D eigenvalue weighted by atomic mass is 28.1. The van der Waals surface area contributed by atoms with Crippen molar-refractivity contribution in [1.29, 1.82) is 0 Å². The lowest BCUT2D eigenvalue weighted by Crippen LogP contribution is -2.24. The number of hydrogen-bond acceptors (Lipinski definition) is 9. The summed E-state index contributed by atoms with van der Waals surface area (Å²) in [7, 11) is 0.490. The van der Waals surface area contributed by atoms with E-state index in [2.05, 4.69) is 0 Å². The van der Waals surface area contributed by atoms with Crippen LogP contribution in [0.2, 0.25) is 0 Å². The minimum Gasteiger partial charge on any atom is -0.507 e. The van der Waals surface area contributed by atoms with Crippen LogP contribution in [0.1, 0.15) is 5.56 Å². The molecule has 10 heteroatoms. The summed E-state index contributed by atoms with van der Waals surface area (Å²) in [4.78, 5) is 32.8. The van der Waals surface area contributed by atoms with E-state index in [4.69, 9.17) is 13.3 Å². The maximum atomic E-state index is 11.3.